The van der Waals surface area contributed by atoms with Crippen molar-refractivity contribution in [1.82, 2.24) is 15.6 Å². The Kier molecular flexibility index (Phi) is 8.47. The largest absolute Gasteiger partial charge is 0.469 e. The molecule has 7 heteroatoms. The summed E-state index contributed by atoms with van der Waals surface area (Å²) >= 11 is 1.68. The number of halogens is 1. The molecule has 0 unspecified atom stereocenters. The topological polar surface area (TPSA) is 62.5 Å². The van der Waals surface area contributed by atoms with Crippen molar-refractivity contribution in [2.75, 3.05) is 13.6 Å². The van der Waals surface area contributed by atoms with Crippen LogP contribution >= 0.6 is 35.3 Å². The lowest BCUT2D eigenvalue weighted by molar-refractivity contribution is 0.507. The van der Waals surface area contributed by atoms with Crippen molar-refractivity contribution in [2.24, 2.45) is 4.99 Å². The van der Waals surface area contributed by atoms with Crippen LogP contribution in [0.3, 0.4) is 0 Å². The average Bonchev–Trinajstić information content (AvgIpc) is 3.13. The standard InChI is InChI=1S/C15H22N4OS.HI/c1-11(2)13-10-21-14(19-13)9-18-15(16-3)17-7-6-12-5-4-8-20-12;/h4-5,8,10-11H,6-7,9H2,1-3H3,(H2,16,17,18);1H. The highest BCUT2D eigenvalue weighted by molar-refractivity contribution is 14.0. The predicted molar refractivity (Wildman–Crippen MR) is 102 cm³/mol. The summed E-state index contributed by atoms with van der Waals surface area (Å²) in [7, 11) is 1.77. The first-order valence-electron chi connectivity index (χ1n) is 7.10. The van der Waals surface area contributed by atoms with Crippen molar-refractivity contribution in [3.8, 4) is 0 Å². The van der Waals surface area contributed by atoms with Gasteiger partial charge < -0.3 is 15.1 Å². The van der Waals surface area contributed by atoms with Crippen LogP contribution in [-0.4, -0.2) is 24.5 Å². The maximum Gasteiger partial charge on any atom is 0.191 e. The minimum Gasteiger partial charge on any atom is -0.469 e. The molecule has 0 bridgehead atoms. The molecule has 0 saturated heterocycles. The van der Waals surface area contributed by atoms with Crippen LogP contribution in [0.25, 0.3) is 0 Å². The predicted octanol–water partition coefficient (Wildman–Crippen LogP) is 3.39. The summed E-state index contributed by atoms with van der Waals surface area (Å²) in [5.41, 5.74) is 1.15. The molecule has 0 fully saturated rings. The van der Waals surface area contributed by atoms with Crippen molar-refractivity contribution < 1.29 is 4.42 Å². The lowest BCUT2D eigenvalue weighted by atomic mass is 10.2. The zero-order valence-electron chi connectivity index (χ0n) is 13.1. The fourth-order valence-electron chi connectivity index (χ4n) is 1.81. The third-order valence-electron chi connectivity index (χ3n) is 3.04. The highest BCUT2D eigenvalue weighted by Gasteiger charge is 2.06. The van der Waals surface area contributed by atoms with E-state index in [2.05, 4.69) is 39.8 Å². The van der Waals surface area contributed by atoms with Crippen LogP contribution in [-0.2, 0) is 13.0 Å². The van der Waals surface area contributed by atoms with E-state index < -0.39 is 0 Å². The summed E-state index contributed by atoms with van der Waals surface area (Å²) in [6.45, 7) is 5.78. The molecule has 2 heterocycles. The summed E-state index contributed by atoms with van der Waals surface area (Å²) in [6, 6.07) is 3.87. The number of nitrogens with zero attached hydrogens (tertiary/aromatic N) is 2. The maximum absolute atomic E-state index is 5.29. The molecule has 5 nitrogen and oxygen atoms in total. The normalized spacial score (nSPS) is 11.4. The van der Waals surface area contributed by atoms with Crippen LogP contribution in [0, 0.1) is 0 Å². The molecule has 2 aromatic heterocycles. The Morgan fingerprint density at radius 3 is 2.82 bits per heavy atom. The summed E-state index contributed by atoms with van der Waals surface area (Å²) in [5.74, 6) is 2.23. The van der Waals surface area contributed by atoms with E-state index in [4.69, 9.17) is 4.42 Å². The summed E-state index contributed by atoms with van der Waals surface area (Å²) in [6.07, 6.45) is 2.53. The molecular formula is C15H23IN4OS. The van der Waals surface area contributed by atoms with E-state index in [0.29, 0.717) is 12.5 Å². The highest BCUT2D eigenvalue weighted by Crippen LogP contribution is 2.17. The number of nitrogens with one attached hydrogen (secondary N) is 2. The van der Waals surface area contributed by atoms with Gasteiger partial charge in [0.25, 0.3) is 0 Å². The Balaban J connectivity index is 0.00000242. The number of aromatic nitrogens is 1. The molecule has 0 amide bonds. The Bertz CT molecular complexity index is 566. The van der Waals surface area contributed by atoms with Gasteiger partial charge in [0, 0.05) is 25.4 Å². The van der Waals surface area contributed by atoms with Gasteiger partial charge in [0.2, 0.25) is 0 Å². The molecule has 0 aliphatic heterocycles. The molecule has 0 atom stereocenters. The van der Waals surface area contributed by atoms with Crippen LogP contribution in [0.15, 0.2) is 33.2 Å². The van der Waals surface area contributed by atoms with Crippen LogP contribution in [0.2, 0.25) is 0 Å². The number of rotatable bonds is 6. The SMILES string of the molecule is CN=C(NCCc1ccco1)NCc1nc(C(C)C)cs1.I. The first-order chi connectivity index (χ1) is 10.2. The molecule has 22 heavy (non-hydrogen) atoms. The number of hydrogen-bond donors (Lipinski definition) is 2. The Morgan fingerprint density at radius 2 is 2.23 bits per heavy atom. The van der Waals surface area contributed by atoms with Crippen LogP contribution in [0.4, 0.5) is 0 Å². The number of furan rings is 1. The number of hydrogen-bond acceptors (Lipinski definition) is 4. The smallest absolute Gasteiger partial charge is 0.191 e. The van der Waals surface area contributed by atoms with Crippen molar-refractivity contribution in [3.05, 3.63) is 40.2 Å². The molecule has 0 aliphatic rings. The summed E-state index contributed by atoms with van der Waals surface area (Å²) < 4.78 is 5.29. The minimum atomic E-state index is 0. The van der Waals surface area contributed by atoms with Gasteiger partial charge >= 0.3 is 0 Å². The first kappa shape index (κ1) is 19.0. The van der Waals surface area contributed by atoms with Crippen molar-refractivity contribution in [3.63, 3.8) is 0 Å². The van der Waals surface area contributed by atoms with Gasteiger partial charge in [-0.25, -0.2) is 4.98 Å². The number of aliphatic imine (C=N–C) groups is 1. The zero-order chi connectivity index (χ0) is 15.1. The molecule has 122 valence electrons. The Morgan fingerprint density at radius 1 is 1.41 bits per heavy atom. The monoisotopic (exact) mass is 434 g/mol. The van der Waals surface area contributed by atoms with Gasteiger partial charge in [-0.1, -0.05) is 13.8 Å². The molecule has 0 saturated carbocycles. The van der Waals surface area contributed by atoms with E-state index in [-0.39, 0.29) is 24.0 Å². The maximum atomic E-state index is 5.29. The first-order valence-corrected chi connectivity index (χ1v) is 7.98. The molecular weight excluding hydrogens is 411 g/mol. The van der Waals surface area contributed by atoms with Gasteiger partial charge in [0.1, 0.15) is 10.8 Å². The quantitative estimate of drug-likeness (QED) is 0.416. The second kappa shape index (κ2) is 9.83. The Hall–Kier alpha value is -1.09. The third kappa shape index (κ3) is 5.96. The summed E-state index contributed by atoms with van der Waals surface area (Å²) in [5, 5.41) is 9.73. The zero-order valence-corrected chi connectivity index (χ0v) is 16.3. The fraction of sp³-hybridized carbons (Fsp3) is 0.467. The summed E-state index contributed by atoms with van der Waals surface area (Å²) in [4.78, 5) is 8.80. The van der Waals surface area contributed by atoms with Gasteiger partial charge in [-0.2, -0.15) is 0 Å². The minimum absolute atomic E-state index is 0. The van der Waals surface area contributed by atoms with E-state index >= 15 is 0 Å². The molecule has 0 aromatic carbocycles. The molecule has 0 radical (unpaired) electrons. The van der Waals surface area contributed by atoms with Gasteiger partial charge in [0.15, 0.2) is 5.96 Å². The van der Waals surface area contributed by atoms with Gasteiger partial charge in [-0.15, -0.1) is 35.3 Å². The van der Waals surface area contributed by atoms with E-state index in [0.717, 1.165) is 35.4 Å². The van der Waals surface area contributed by atoms with E-state index in [9.17, 15) is 0 Å². The molecule has 2 aromatic rings. The highest BCUT2D eigenvalue weighted by atomic mass is 127. The molecule has 0 aliphatic carbocycles. The van der Waals surface area contributed by atoms with E-state index in [1.807, 2.05) is 12.1 Å². The van der Waals surface area contributed by atoms with Crippen molar-refractivity contribution in [2.45, 2.75) is 32.7 Å². The van der Waals surface area contributed by atoms with Crippen molar-refractivity contribution in [1.29, 1.82) is 0 Å². The molecule has 2 rings (SSSR count). The number of guanidine groups is 1. The van der Waals surface area contributed by atoms with E-state index in [1.54, 1.807) is 24.6 Å². The number of thiazole rings is 1. The van der Waals surface area contributed by atoms with E-state index in [1.165, 1.54) is 0 Å². The lowest BCUT2D eigenvalue weighted by Crippen LogP contribution is -2.37. The second-order valence-electron chi connectivity index (χ2n) is 5.00. The van der Waals surface area contributed by atoms with Crippen LogP contribution in [0.5, 0.6) is 0 Å². The Labute approximate surface area is 152 Å². The molecule has 2 N–H and O–H groups in total. The lowest BCUT2D eigenvalue weighted by Gasteiger charge is -2.10. The third-order valence-corrected chi connectivity index (χ3v) is 3.90. The van der Waals surface area contributed by atoms with Crippen LogP contribution in [0.1, 0.15) is 36.2 Å². The van der Waals surface area contributed by atoms with Gasteiger partial charge in [-0.05, 0) is 18.1 Å². The van der Waals surface area contributed by atoms with Crippen LogP contribution < -0.4 is 10.6 Å². The second-order valence-corrected chi connectivity index (χ2v) is 5.95. The average molecular weight is 434 g/mol. The van der Waals surface area contributed by atoms with Gasteiger partial charge in [-0.3, -0.25) is 4.99 Å². The fourth-order valence-corrected chi connectivity index (χ4v) is 2.71. The van der Waals surface area contributed by atoms with Gasteiger partial charge in [0.05, 0.1) is 18.5 Å². The molecule has 0 spiro atoms. The van der Waals surface area contributed by atoms with Crippen molar-refractivity contribution >= 4 is 41.3 Å².